The summed E-state index contributed by atoms with van der Waals surface area (Å²) in [6.45, 7) is 4.59. The molecule has 0 amide bonds. The molecule has 0 spiro atoms. The molecule has 0 aliphatic rings. The first-order chi connectivity index (χ1) is 14.8. The lowest BCUT2D eigenvalue weighted by atomic mass is 10.0. The van der Waals surface area contributed by atoms with E-state index in [1.807, 2.05) is 7.11 Å². The van der Waals surface area contributed by atoms with Crippen LogP contribution in [0.4, 0.5) is 0 Å². The Labute approximate surface area is 192 Å². The van der Waals surface area contributed by atoms with Gasteiger partial charge in [-0.3, -0.25) is 0 Å². The number of ether oxygens (including phenoxy) is 1. The minimum absolute atomic E-state index is 0.521. The fourth-order valence-electron chi connectivity index (χ4n) is 4.63. The highest BCUT2D eigenvalue weighted by Crippen LogP contribution is 2.17. The first-order valence-electron chi connectivity index (χ1n) is 14.4. The third-order valence-corrected chi connectivity index (χ3v) is 6.84. The summed E-state index contributed by atoms with van der Waals surface area (Å²) in [6.07, 6.45) is 36.1. The third-order valence-electron chi connectivity index (χ3n) is 6.84. The molecule has 0 heterocycles. The van der Waals surface area contributed by atoms with E-state index in [-0.39, 0.29) is 0 Å². The maximum absolute atomic E-state index is 5.72. The van der Waals surface area contributed by atoms with E-state index in [2.05, 4.69) is 13.8 Å². The molecule has 0 aromatic heterocycles. The van der Waals surface area contributed by atoms with Gasteiger partial charge in [-0.25, -0.2) is 0 Å². The molecule has 1 atom stereocenters. The Balaban J connectivity index is 3.22. The highest BCUT2D eigenvalue weighted by atomic mass is 16.5. The van der Waals surface area contributed by atoms with E-state index >= 15 is 0 Å². The summed E-state index contributed by atoms with van der Waals surface area (Å²) in [4.78, 5) is 0. The maximum Gasteiger partial charge on any atom is 0.0571 e. The van der Waals surface area contributed by atoms with Crippen LogP contribution in [0.1, 0.15) is 174 Å². The SMILES string of the molecule is CCCCCCCCCCCCCCCCCCC(CCCCCCCCC)OC. The van der Waals surface area contributed by atoms with Gasteiger partial charge in [-0.2, -0.15) is 0 Å². The molecule has 0 rings (SSSR count). The first-order valence-corrected chi connectivity index (χ1v) is 14.4. The smallest absolute Gasteiger partial charge is 0.0571 e. The molecule has 0 saturated heterocycles. The maximum atomic E-state index is 5.72. The van der Waals surface area contributed by atoms with Crippen LogP contribution in [-0.4, -0.2) is 13.2 Å². The van der Waals surface area contributed by atoms with E-state index in [1.165, 1.54) is 161 Å². The summed E-state index contributed by atoms with van der Waals surface area (Å²) >= 11 is 0. The summed E-state index contributed by atoms with van der Waals surface area (Å²) in [5.41, 5.74) is 0. The van der Waals surface area contributed by atoms with Gasteiger partial charge >= 0.3 is 0 Å². The van der Waals surface area contributed by atoms with Crippen molar-refractivity contribution in [1.29, 1.82) is 0 Å². The Morgan fingerprint density at radius 2 is 0.600 bits per heavy atom. The van der Waals surface area contributed by atoms with Crippen molar-refractivity contribution in [3.8, 4) is 0 Å². The zero-order valence-corrected chi connectivity index (χ0v) is 21.7. The molecule has 30 heavy (non-hydrogen) atoms. The summed E-state index contributed by atoms with van der Waals surface area (Å²) in [6, 6.07) is 0. The summed E-state index contributed by atoms with van der Waals surface area (Å²) in [5, 5.41) is 0. The number of rotatable bonds is 26. The van der Waals surface area contributed by atoms with E-state index in [4.69, 9.17) is 4.74 Å². The second-order valence-electron chi connectivity index (χ2n) is 9.86. The van der Waals surface area contributed by atoms with Crippen molar-refractivity contribution in [3.05, 3.63) is 0 Å². The normalized spacial score (nSPS) is 12.5. The van der Waals surface area contributed by atoms with Gasteiger partial charge in [0, 0.05) is 7.11 Å². The van der Waals surface area contributed by atoms with Gasteiger partial charge in [0.25, 0.3) is 0 Å². The lowest BCUT2D eigenvalue weighted by Gasteiger charge is -2.15. The van der Waals surface area contributed by atoms with Crippen LogP contribution in [0.3, 0.4) is 0 Å². The summed E-state index contributed by atoms with van der Waals surface area (Å²) < 4.78 is 5.72. The highest BCUT2D eigenvalue weighted by molar-refractivity contribution is 4.59. The molecular formula is C29H60O. The van der Waals surface area contributed by atoms with Gasteiger partial charge in [-0.05, 0) is 12.8 Å². The Hall–Kier alpha value is -0.0400. The van der Waals surface area contributed by atoms with Crippen LogP contribution in [-0.2, 0) is 4.74 Å². The first kappa shape index (κ1) is 30.0. The Kier molecular flexibility index (Phi) is 27.0. The molecule has 1 unspecified atom stereocenters. The Morgan fingerprint density at radius 3 is 0.833 bits per heavy atom. The average molecular weight is 425 g/mol. The van der Waals surface area contributed by atoms with Crippen molar-refractivity contribution < 1.29 is 4.74 Å². The molecule has 0 bridgehead atoms. The van der Waals surface area contributed by atoms with Crippen molar-refractivity contribution >= 4 is 0 Å². The third kappa shape index (κ3) is 24.2. The highest BCUT2D eigenvalue weighted by Gasteiger charge is 2.06. The van der Waals surface area contributed by atoms with E-state index < -0.39 is 0 Å². The topological polar surface area (TPSA) is 9.23 Å². The average Bonchev–Trinajstić information content (AvgIpc) is 2.76. The zero-order valence-electron chi connectivity index (χ0n) is 21.7. The largest absolute Gasteiger partial charge is 0.381 e. The minimum Gasteiger partial charge on any atom is -0.381 e. The van der Waals surface area contributed by atoms with Gasteiger partial charge in [0.2, 0.25) is 0 Å². The van der Waals surface area contributed by atoms with Gasteiger partial charge in [0.15, 0.2) is 0 Å². The van der Waals surface area contributed by atoms with Crippen LogP contribution in [0.25, 0.3) is 0 Å². The van der Waals surface area contributed by atoms with Crippen molar-refractivity contribution in [2.45, 2.75) is 180 Å². The van der Waals surface area contributed by atoms with Crippen molar-refractivity contribution in [2.75, 3.05) is 7.11 Å². The second kappa shape index (κ2) is 27.0. The number of methoxy groups -OCH3 is 1. The standard InChI is InChI=1S/C29H60O/c1-4-6-8-10-12-13-14-15-16-17-18-19-20-22-24-26-28-29(30-3)27-25-23-21-11-9-7-5-2/h29H,4-28H2,1-3H3. The van der Waals surface area contributed by atoms with E-state index in [9.17, 15) is 0 Å². The molecule has 1 nitrogen and oxygen atoms in total. The van der Waals surface area contributed by atoms with Gasteiger partial charge in [-0.1, -0.05) is 162 Å². The lowest BCUT2D eigenvalue weighted by molar-refractivity contribution is 0.0831. The fraction of sp³-hybridized carbons (Fsp3) is 1.00. The monoisotopic (exact) mass is 424 g/mol. The number of hydrogen-bond donors (Lipinski definition) is 0. The van der Waals surface area contributed by atoms with Crippen molar-refractivity contribution in [3.63, 3.8) is 0 Å². The van der Waals surface area contributed by atoms with Gasteiger partial charge in [0.1, 0.15) is 0 Å². The minimum atomic E-state index is 0.521. The Bertz CT molecular complexity index is 288. The van der Waals surface area contributed by atoms with Crippen LogP contribution >= 0.6 is 0 Å². The summed E-state index contributed by atoms with van der Waals surface area (Å²) in [7, 11) is 1.92. The van der Waals surface area contributed by atoms with E-state index in [0.717, 1.165) is 0 Å². The van der Waals surface area contributed by atoms with E-state index in [1.54, 1.807) is 0 Å². The predicted molar refractivity (Wildman–Crippen MR) is 138 cm³/mol. The fourth-order valence-corrected chi connectivity index (χ4v) is 4.63. The molecule has 0 radical (unpaired) electrons. The predicted octanol–water partition coefficient (Wildman–Crippen LogP) is 10.8. The van der Waals surface area contributed by atoms with Crippen molar-refractivity contribution in [2.24, 2.45) is 0 Å². The molecular weight excluding hydrogens is 364 g/mol. The van der Waals surface area contributed by atoms with Gasteiger partial charge in [0.05, 0.1) is 6.10 Å². The molecule has 0 N–H and O–H groups in total. The van der Waals surface area contributed by atoms with Gasteiger partial charge < -0.3 is 4.74 Å². The molecule has 0 fully saturated rings. The van der Waals surface area contributed by atoms with Crippen LogP contribution in [0.2, 0.25) is 0 Å². The molecule has 0 aliphatic heterocycles. The number of unbranched alkanes of at least 4 members (excludes halogenated alkanes) is 21. The molecule has 1 heteroatoms. The van der Waals surface area contributed by atoms with Crippen LogP contribution in [0.15, 0.2) is 0 Å². The molecule has 0 aromatic rings. The van der Waals surface area contributed by atoms with E-state index in [0.29, 0.717) is 6.10 Å². The van der Waals surface area contributed by atoms with Gasteiger partial charge in [-0.15, -0.1) is 0 Å². The quantitative estimate of drug-likeness (QED) is 0.125. The lowest BCUT2D eigenvalue weighted by Crippen LogP contribution is -2.10. The zero-order chi connectivity index (χ0) is 22.0. The van der Waals surface area contributed by atoms with Crippen LogP contribution in [0.5, 0.6) is 0 Å². The second-order valence-corrected chi connectivity index (χ2v) is 9.86. The van der Waals surface area contributed by atoms with Crippen LogP contribution < -0.4 is 0 Å². The number of hydrogen-bond acceptors (Lipinski definition) is 1. The Morgan fingerprint density at radius 1 is 0.367 bits per heavy atom. The molecule has 0 aromatic carbocycles. The molecule has 182 valence electrons. The summed E-state index contributed by atoms with van der Waals surface area (Å²) in [5.74, 6) is 0. The van der Waals surface area contributed by atoms with Crippen LogP contribution in [0, 0.1) is 0 Å². The molecule has 0 saturated carbocycles. The van der Waals surface area contributed by atoms with Crippen molar-refractivity contribution in [1.82, 2.24) is 0 Å². The molecule has 0 aliphatic carbocycles.